The first-order chi connectivity index (χ1) is 5.75. The van der Waals surface area contributed by atoms with Crippen molar-refractivity contribution in [3.8, 4) is 0 Å². The van der Waals surface area contributed by atoms with Gasteiger partial charge >= 0.3 is 0 Å². The average Bonchev–Trinajstić information content (AvgIpc) is 2.08. The largest absolute Gasteiger partial charge is 0.327 e. The molecule has 0 fully saturated rings. The molecule has 0 aromatic heterocycles. The van der Waals surface area contributed by atoms with E-state index in [9.17, 15) is 4.39 Å². The Bertz CT molecular complexity index is 297. The van der Waals surface area contributed by atoms with Crippen LogP contribution in [-0.2, 0) is 0 Å². The van der Waals surface area contributed by atoms with Crippen molar-refractivity contribution in [2.24, 2.45) is 5.73 Å². The fourth-order valence-electron chi connectivity index (χ4n) is 0.844. The zero-order valence-electron chi connectivity index (χ0n) is 6.43. The Kier molecular flexibility index (Phi) is 3.44. The van der Waals surface area contributed by atoms with Gasteiger partial charge in [-0.05, 0) is 22.0 Å². The number of benzene rings is 1. The Balaban J connectivity index is 3.00. The SMILES string of the molecule is NCC=Cc1cccc(Br)c1F. The van der Waals surface area contributed by atoms with Gasteiger partial charge in [-0.1, -0.05) is 24.3 Å². The molecule has 0 radical (unpaired) electrons. The van der Waals surface area contributed by atoms with Crippen molar-refractivity contribution in [3.05, 3.63) is 40.1 Å². The number of hydrogen-bond acceptors (Lipinski definition) is 1. The minimum absolute atomic E-state index is 0.248. The van der Waals surface area contributed by atoms with E-state index in [0.29, 0.717) is 16.6 Å². The van der Waals surface area contributed by atoms with E-state index in [-0.39, 0.29) is 5.82 Å². The molecule has 0 aliphatic rings. The van der Waals surface area contributed by atoms with E-state index >= 15 is 0 Å². The average molecular weight is 230 g/mol. The molecule has 0 amide bonds. The fourth-order valence-corrected chi connectivity index (χ4v) is 1.23. The van der Waals surface area contributed by atoms with Crippen LogP contribution in [0.1, 0.15) is 5.56 Å². The van der Waals surface area contributed by atoms with Gasteiger partial charge in [0.05, 0.1) is 4.47 Å². The van der Waals surface area contributed by atoms with E-state index in [1.165, 1.54) is 0 Å². The molecule has 0 spiro atoms. The lowest BCUT2D eigenvalue weighted by Crippen LogP contribution is -1.92. The second kappa shape index (κ2) is 4.38. The summed E-state index contributed by atoms with van der Waals surface area (Å²) >= 11 is 3.10. The van der Waals surface area contributed by atoms with E-state index in [1.54, 1.807) is 30.4 Å². The topological polar surface area (TPSA) is 26.0 Å². The fraction of sp³-hybridized carbons (Fsp3) is 0.111. The summed E-state index contributed by atoms with van der Waals surface area (Å²) in [5.74, 6) is -0.248. The van der Waals surface area contributed by atoms with Crippen LogP contribution in [0.2, 0.25) is 0 Å². The van der Waals surface area contributed by atoms with Gasteiger partial charge in [0, 0.05) is 12.1 Å². The van der Waals surface area contributed by atoms with E-state index in [4.69, 9.17) is 5.73 Å². The molecule has 1 aromatic rings. The summed E-state index contributed by atoms with van der Waals surface area (Å²) in [5, 5.41) is 0. The molecule has 2 N–H and O–H groups in total. The summed E-state index contributed by atoms with van der Waals surface area (Å²) in [4.78, 5) is 0. The quantitative estimate of drug-likeness (QED) is 0.830. The Morgan fingerprint density at radius 1 is 1.50 bits per heavy atom. The lowest BCUT2D eigenvalue weighted by atomic mass is 10.2. The van der Waals surface area contributed by atoms with Gasteiger partial charge in [-0.25, -0.2) is 4.39 Å². The molecule has 3 heteroatoms. The maximum Gasteiger partial charge on any atom is 0.144 e. The highest BCUT2D eigenvalue weighted by molar-refractivity contribution is 9.10. The lowest BCUT2D eigenvalue weighted by molar-refractivity contribution is 0.618. The molecule has 0 unspecified atom stereocenters. The van der Waals surface area contributed by atoms with Gasteiger partial charge in [-0.15, -0.1) is 0 Å². The maximum absolute atomic E-state index is 13.2. The van der Waals surface area contributed by atoms with Crippen LogP contribution in [0.3, 0.4) is 0 Å². The van der Waals surface area contributed by atoms with Crippen molar-refractivity contribution < 1.29 is 4.39 Å². The second-order valence-electron chi connectivity index (χ2n) is 2.28. The van der Waals surface area contributed by atoms with Crippen molar-refractivity contribution in [1.82, 2.24) is 0 Å². The molecule has 12 heavy (non-hydrogen) atoms. The number of halogens is 2. The highest BCUT2D eigenvalue weighted by Gasteiger charge is 2.00. The number of hydrogen-bond donors (Lipinski definition) is 1. The molecule has 1 nitrogen and oxygen atoms in total. The van der Waals surface area contributed by atoms with E-state index in [0.717, 1.165) is 0 Å². The maximum atomic E-state index is 13.2. The van der Waals surface area contributed by atoms with Gasteiger partial charge in [-0.3, -0.25) is 0 Å². The minimum atomic E-state index is -0.248. The first-order valence-electron chi connectivity index (χ1n) is 3.56. The summed E-state index contributed by atoms with van der Waals surface area (Å²) in [6.07, 6.45) is 3.38. The van der Waals surface area contributed by atoms with Crippen molar-refractivity contribution in [2.45, 2.75) is 0 Å². The van der Waals surface area contributed by atoms with Crippen molar-refractivity contribution in [3.63, 3.8) is 0 Å². The van der Waals surface area contributed by atoms with Crippen LogP contribution < -0.4 is 5.73 Å². The Morgan fingerprint density at radius 3 is 2.92 bits per heavy atom. The van der Waals surface area contributed by atoms with Crippen molar-refractivity contribution in [1.29, 1.82) is 0 Å². The Labute approximate surface area is 79.2 Å². The first-order valence-corrected chi connectivity index (χ1v) is 4.35. The monoisotopic (exact) mass is 229 g/mol. The van der Waals surface area contributed by atoms with Gasteiger partial charge in [0.15, 0.2) is 0 Å². The van der Waals surface area contributed by atoms with Gasteiger partial charge in [0.2, 0.25) is 0 Å². The summed E-state index contributed by atoms with van der Waals surface area (Å²) < 4.78 is 13.7. The molecule has 1 aromatic carbocycles. The number of rotatable bonds is 2. The minimum Gasteiger partial charge on any atom is -0.327 e. The first kappa shape index (κ1) is 9.42. The summed E-state index contributed by atoms with van der Waals surface area (Å²) in [7, 11) is 0. The summed E-state index contributed by atoms with van der Waals surface area (Å²) in [6, 6.07) is 5.14. The summed E-state index contributed by atoms with van der Waals surface area (Å²) in [6.45, 7) is 0.423. The van der Waals surface area contributed by atoms with Gasteiger partial charge < -0.3 is 5.73 Å². The summed E-state index contributed by atoms with van der Waals surface area (Å²) in [5.41, 5.74) is 5.79. The smallest absolute Gasteiger partial charge is 0.144 e. The van der Waals surface area contributed by atoms with Crippen LogP contribution in [0.4, 0.5) is 4.39 Å². The highest BCUT2D eigenvalue weighted by atomic mass is 79.9. The standard InChI is InChI=1S/C9H9BrFN/c10-8-5-1-3-7(9(8)11)4-2-6-12/h1-5H,6,12H2. The molecule has 0 aliphatic heterocycles. The molecule has 0 aliphatic carbocycles. The van der Waals surface area contributed by atoms with Gasteiger partial charge in [0.25, 0.3) is 0 Å². The van der Waals surface area contributed by atoms with Gasteiger partial charge in [-0.2, -0.15) is 0 Å². The van der Waals surface area contributed by atoms with Crippen LogP contribution in [0, 0.1) is 5.82 Å². The van der Waals surface area contributed by atoms with Crippen LogP contribution >= 0.6 is 15.9 Å². The molecule has 0 atom stereocenters. The van der Waals surface area contributed by atoms with Crippen LogP contribution in [-0.4, -0.2) is 6.54 Å². The molecule has 1 rings (SSSR count). The van der Waals surface area contributed by atoms with Crippen molar-refractivity contribution >= 4 is 22.0 Å². The molecule has 0 saturated carbocycles. The molecule has 0 saturated heterocycles. The molecular formula is C9H9BrFN. The third-order valence-corrected chi connectivity index (χ3v) is 2.03. The second-order valence-corrected chi connectivity index (χ2v) is 3.14. The van der Waals surface area contributed by atoms with Gasteiger partial charge in [0.1, 0.15) is 5.82 Å². The Hall–Kier alpha value is -0.670. The number of nitrogens with two attached hydrogens (primary N) is 1. The van der Waals surface area contributed by atoms with E-state index in [1.807, 2.05) is 0 Å². The normalized spacial score (nSPS) is 10.9. The molecule has 64 valence electrons. The zero-order chi connectivity index (χ0) is 8.97. The molecule has 0 heterocycles. The van der Waals surface area contributed by atoms with Crippen LogP contribution in [0.25, 0.3) is 6.08 Å². The van der Waals surface area contributed by atoms with Crippen LogP contribution in [0.15, 0.2) is 28.7 Å². The van der Waals surface area contributed by atoms with E-state index in [2.05, 4.69) is 15.9 Å². The predicted octanol–water partition coefficient (Wildman–Crippen LogP) is 2.56. The van der Waals surface area contributed by atoms with E-state index < -0.39 is 0 Å². The highest BCUT2D eigenvalue weighted by Crippen LogP contribution is 2.19. The lowest BCUT2D eigenvalue weighted by Gasteiger charge is -1.97. The third-order valence-electron chi connectivity index (χ3n) is 1.41. The van der Waals surface area contributed by atoms with Crippen LogP contribution in [0.5, 0.6) is 0 Å². The predicted molar refractivity (Wildman–Crippen MR) is 52.2 cm³/mol. The molecule has 0 bridgehead atoms. The third kappa shape index (κ3) is 2.16. The Morgan fingerprint density at radius 2 is 2.25 bits per heavy atom. The zero-order valence-corrected chi connectivity index (χ0v) is 8.01. The van der Waals surface area contributed by atoms with Crippen molar-refractivity contribution in [2.75, 3.05) is 6.54 Å². The molecular weight excluding hydrogens is 221 g/mol.